The predicted octanol–water partition coefficient (Wildman–Crippen LogP) is 5.34. The fraction of sp³-hybridized carbons (Fsp3) is 0.667. The van der Waals surface area contributed by atoms with Crippen molar-refractivity contribution in [3.63, 3.8) is 0 Å². The molecule has 1 atom stereocenters. The Labute approximate surface area is 134 Å². The highest BCUT2D eigenvalue weighted by molar-refractivity contribution is 8.00. The Kier molecular flexibility index (Phi) is 6.00. The van der Waals surface area contributed by atoms with Crippen molar-refractivity contribution in [3.05, 3.63) is 24.3 Å². The molecule has 1 unspecified atom stereocenters. The first-order valence-corrected chi connectivity index (χ1v) is 8.95. The van der Waals surface area contributed by atoms with Gasteiger partial charge >= 0.3 is 0 Å². The zero-order valence-electron chi connectivity index (χ0n) is 13.8. The van der Waals surface area contributed by atoms with Gasteiger partial charge in [0.05, 0.1) is 5.60 Å². The first-order chi connectivity index (χ1) is 10.00. The number of hydrogen-bond acceptors (Lipinski definition) is 3. The Bertz CT molecular complexity index is 441. The molecule has 1 aliphatic rings. The minimum Gasteiger partial charge on any atom is -0.382 e. The lowest BCUT2D eigenvalue weighted by Crippen LogP contribution is -2.31. The van der Waals surface area contributed by atoms with Crippen molar-refractivity contribution < 1.29 is 4.74 Å². The van der Waals surface area contributed by atoms with E-state index in [2.05, 4.69) is 50.4 Å². The summed E-state index contributed by atoms with van der Waals surface area (Å²) in [6.07, 6.45) is 6.51. The van der Waals surface area contributed by atoms with E-state index in [1.165, 1.54) is 36.3 Å². The molecule has 0 heterocycles. The molecule has 0 aromatic heterocycles. The molecule has 1 fully saturated rings. The van der Waals surface area contributed by atoms with Gasteiger partial charge in [0.15, 0.2) is 0 Å². The number of nitrogens with one attached hydrogen (secondary N) is 1. The van der Waals surface area contributed by atoms with E-state index in [1.54, 1.807) is 7.11 Å². The van der Waals surface area contributed by atoms with Crippen LogP contribution in [0.1, 0.15) is 52.9 Å². The van der Waals surface area contributed by atoms with Crippen molar-refractivity contribution in [3.8, 4) is 0 Å². The molecule has 118 valence electrons. The van der Waals surface area contributed by atoms with Gasteiger partial charge in [-0.2, -0.15) is 0 Å². The second-order valence-corrected chi connectivity index (χ2v) is 8.08. The molecule has 0 radical (unpaired) electrons. The minimum atomic E-state index is -0.0834. The van der Waals surface area contributed by atoms with E-state index < -0.39 is 0 Å². The Balaban J connectivity index is 1.98. The van der Waals surface area contributed by atoms with E-state index >= 15 is 0 Å². The monoisotopic (exact) mass is 307 g/mol. The van der Waals surface area contributed by atoms with Crippen LogP contribution in [0.2, 0.25) is 0 Å². The Hall–Kier alpha value is -0.670. The lowest BCUT2D eigenvalue weighted by molar-refractivity contribution is 0.0128. The van der Waals surface area contributed by atoms with E-state index in [0.29, 0.717) is 6.04 Å². The van der Waals surface area contributed by atoms with Crippen LogP contribution in [0, 0.1) is 0 Å². The van der Waals surface area contributed by atoms with Gasteiger partial charge in [-0.15, -0.1) is 11.8 Å². The van der Waals surface area contributed by atoms with E-state index in [0.717, 1.165) is 11.7 Å². The summed E-state index contributed by atoms with van der Waals surface area (Å²) in [5.41, 5.74) is 1.19. The molecule has 2 nitrogen and oxygen atoms in total. The first kappa shape index (κ1) is 16.7. The number of benzene rings is 1. The molecule has 1 aromatic rings. The van der Waals surface area contributed by atoms with Crippen LogP contribution in [0.5, 0.6) is 0 Å². The lowest BCUT2D eigenvalue weighted by Gasteiger charge is -2.28. The zero-order chi connectivity index (χ0) is 15.3. The normalized spacial score (nSPS) is 17.9. The molecule has 2 rings (SSSR count). The molecule has 1 saturated carbocycles. The van der Waals surface area contributed by atoms with Crippen LogP contribution in [-0.4, -0.2) is 24.0 Å². The summed E-state index contributed by atoms with van der Waals surface area (Å²) >= 11 is 2.05. The fourth-order valence-electron chi connectivity index (χ4n) is 3.01. The summed E-state index contributed by atoms with van der Waals surface area (Å²) in [7, 11) is 1.79. The number of hydrogen-bond donors (Lipinski definition) is 1. The summed E-state index contributed by atoms with van der Waals surface area (Å²) in [5.74, 6) is 0. The summed E-state index contributed by atoms with van der Waals surface area (Å²) in [6.45, 7) is 6.52. The van der Waals surface area contributed by atoms with E-state index in [9.17, 15) is 0 Å². The van der Waals surface area contributed by atoms with Gasteiger partial charge in [0.25, 0.3) is 0 Å². The van der Waals surface area contributed by atoms with Crippen molar-refractivity contribution in [2.24, 2.45) is 0 Å². The van der Waals surface area contributed by atoms with Crippen molar-refractivity contribution >= 4 is 17.4 Å². The highest BCUT2D eigenvalue weighted by Gasteiger charge is 2.21. The van der Waals surface area contributed by atoms with Gasteiger partial charge in [0, 0.05) is 29.0 Å². The molecule has 21 heavy (non-hydrogen) atoms. The lowest BCUT2D eigenvalue weighted by atomic mass is 10.00. The van der Waals surface area contributed by atoms with E-state index in [4.69, 9.17) is 4.74 Å². The predicted molar refractivity (Wildman–Crippen MR) is 93.3 cm³/mol. The average Bonchev–Trinajstić information content (AvgIpc) is 2.93. The maximum atomic E-state index is 5.54. The third-order valence-electron chi connectivity index (χ3n) is 4.24. The van der Waals surface area contributed by atoms with Gasteiger partial charge in [0.1, 0.15) is 0 Å². The maximum Gasteiger partial charge on any atom is 0.0642 e. The van der Waals surface area contributed by atoms with Gasteiger partial charge in [-0.05, 0) is 52.2 Å². The molecule has 3 heteroatoms. The third-order valence-corrected chi connectivity index (χ3v) is 5.65. The maximum absolute atomic E-state index is 5.54. The molecule has 0 saturated heterocycles. The average molecular weight is 308 g/mol. The molecule has 0 aliphatic heterocycles. The summed E-state index contributed by atoms with van der Waals surface area (Å²) in [6, 6.07) is 9.11. The second-order valence-electron chi connectivity index (χ2n) is 6.73. The van der Waals surface area contributed by atoms with Crippen molar-refractivity contribution in [1.29, 1.82) is 0 Å². The van der Waals surface area contributed by atoms with E-state index in [-0.39, 0.29) is 5.60 Å². The van der Waals surface area contributed by atoms with Gasteiger partial charge in [0.2, 0.25) is 0 Å². The third kappa shape index (κ3) is 5.23. The van der Waals surface area contributed by atoms with Crippen LogP contribution in [-0.2, 0) is 4.74 Å². The number of methoxy groups -OCH3 is 1. The zero-order valence-corrected chi connectivity index (χ0v) is 14.6. The van der Waals surface area contributed by atoms with Crippen LogP contribution >= 0.6 is 11.8 Å². The molecule has 0 bridgehead atoms. The van der Waals surface area contributed by atoms with Crippen LogP contribution < -0.4 is 5.32 Å². The van der Waals surface area contributed by atoms with E-state index in [1.807, 2.05) is 11.8 Å². The number of rotatable bonds is 7. The number of thioether (sulfide) groups is 1. The minimum absolute atomic E-state index is 0.0834. The highest BCUT2D eigenvalue weighted by Crippen LogP contribution is 2.38. The number of anilines is 1. The molecule has 1 N–H and O–H groups in total. The fourth-order valence-corrected chi connectivity index (χ4v) is 4.35. The smallest absolute Gasteiger partial charge is 0.0642 e. The number of ether oxygens (including phenoxy) is 1. The Morgan fingerprint density at radius 3 is 2.62 bits per heavy atom. The van der Waals surface area contributed by atoms with Crippen LogP contribution in [0.25, 0.3) is 0 Å². The van der Waals surface area contributed by atoms with Gasteiger partial charge in [-0.3, -0.25) is 0 Å². The summed E-state index contributed by atoms with van der Waals surface area (Å²) in [4.78, 5) is 1.39. The first-order valence-electron chi connectivity index (χ1n) is 8.07. The largest absolute Gasteiger partial charge is 0.382 e. The molecular formula is C18H29NOS. The van der Waals surface area contributed by atoms with Gasteiger partial charge in [-0.1, -0.05) is 25.0 Å². The molecule has 0 spiro atoms. The quantitative estimate of drug-likeness (QED) is 0.735. The SMILES string of the molecule is COC(C)(C)CC(C)Nc1ccccc1SC1CCCC1. The van der Waals surface area contributed by atoms with Crippen molar-refractivity contribution in [2.75, 3.05) is 12.4 Å². The van der Waals surface area contributed by atoms with Crippen LogP contribution in [0.3, 0.4) is 0 Å². The molecule has 1 aromatic carbocycles. The second kappa shape index (κ2) is 7.55. The Morgan fingerprint density at radius 1 is 1.29 bits per heavy atom. The summed E-state index contributed by atoms with van der Waals surface area (Å²) in [5, 5.41) is 4.48. The van der Waals surface area contributed by atoms with Crippen molar-refractivity contribution in [2.45, 2.75) is 74.7 Å². The molecular weight excluding hydrogens is 278 g/mol. The number of para-hydroxylation sites is 1. The van der Waals surface area contributed by atoms with Gasteiger partial charge < -0.3 is 10.1 Å². The van der Waals surface area contributed by atoms with Gasteiger partial charge in [-0.25, -0.2) is 0 Å². The Morgan fingerprint density at radius 2 is 1.95 bits per heavy atom. The molecule has 0 amide bonds. The standard InChI is InChI=1S/C18H29NOS/c1-14(13-18(2,3)20-4)19-16-11-7-8-12-17(16)21-15-9-5-6-10-15/h7-8,11-12,14-15,19H,5-6,9-10,13H2,1-4H3. The topological polar surface area (TPSA) is 21.3 Å². The van der Waals surface area contributed by atoms with Crippen molar-refractivity contribution in [1.82, 2.24) is 0 Å². The van der Waals surface area contributed by atoms with Crippen LogP contribution in [0.4, 0.5) is 5.69 Å². The summed E-state index contributed by atoms with van der Waals surface area (Å²) < 4.78 is 5.54. The highest BCUT2D eigenvalue weighted by atomic mass is 32.2. The van der Waals surface area contributed by atoms with Crippen LogP contribution in [0.15, 0.2) is 29.2 Å². The molecule has 1 aliphatic carbocycles.